The Balaban J connectivity index is 2.66. The van der Waals surface area contributed by atoms with E-state index in [4.69, 9.17) is 0 Å². The molecule has 0 saturated carbocycles. The van der Waals surface area contributed by atoms with Crippen LogP contribution in [-0.4, -0.2) is 37.4 Å². The van der Waals surface area contributed by atoms with Gasteiger partial charge in [0.15, 0.2) is 16.3 Å². The molecule has 22 heavy (non-hydrogen) atoms. The van der Waals surface area contributed by atoms with Gasteiger partial charge in [0.25, 0.3) is 5.56 Å². The van der Waals surface area contributed by atoms with Crippen LogP contribution in [0.3, 0.4) is 0 Å². The number of aromatic amines is 1. The Kier molecular flexibility index (Phi) is 4.55. The van der Waals surface area contributed by atoms with Crippen molar-refractivity contribution >= 4 is 28.9 Å². The summed E-state index contributed by atoms with van der Waals surface area (Å²) in [4.78, 5) is 41.9. The maximum absolute atomic E-state index is 12.1. The molecule has 0 unspecified atom stereocenters. The average Bonchev–Trinajstić information content (AvgIpc) is 2.83. The number of rotatable bonds is 5. The maximum Gasteiger partial charge on any atom is 0.329 e. The van der Waals surface area contributed by atoms with E-state index in [1.54, 1.807) is 17.6 Å². The van der Waals surface area contributed by atoms with Gasteiger partial charge in [-0.25, -0.2) is 9.78 Å². The highest BCUT2D eigenvalue weighted by Crippen LogP contribution is 2.25. The van der Waals surface area contributed by atoms with Crippen LogP contribution in [0.5, 0.6) is 0 Å². The molecule has 0 aliphatic rings. The van der Waals surface area contributed by atoms with E-state index in [0.29, 0.717) is 11.7 Å². The van der Waals surface area contributed by atoms with Crippen LogP contribution < -0.4 is 11.2 Å². The number of nitrogens with zero attached hydrogens (tertiary/aromatic N) is 3. The summed E-state index contributed by atoms with van der Waals surface area (Å²) in [6, 6.07) is 0. The summed E-state index contributed by atoms with van der Waals surface area (Å²) >= 11 is 1.15. The van der Waals surface area contributed by atoms with Gasteiger partial charge in [0.1, 0.15) is 5.25 Å². The topological polar surface area (TPSA) is 99.0 Å². The summed E-state index contributed by atoms with van der Waals surface area (Å²) in [5.74, 6) is -0.398. The summed E-state index contributed by atoms with van der Waals surface area (Å²) in [6.07, 6.45) is 1.61. The number of aryl methyl sites for hydroxylation is 1. The monoisotopic (exact) mass is 324 g/mol. The molecule has 9 heteroatoms. The van der Waals surface area contributed by atoms with Crippen molar-refractivity contribution in [3.8, 4) is 0 Å². The minimum Gasteiger partial charge on any atom is -0.468 e. The number of aromatic nitrogens is 4. The number of carbonyl (C=O) groups is 1. The third-order valence-corrected chi connectivity index (χ3v) is 4.17. The predicted molar refractivity (Wildman–Crippen MR) is 83.1 cm³/mol. The summed E-state index contributed by atoms with van der Waals surface area (Å²) in [7, 11) is 2.82. The maximum atomic E-state index is 12.1. The molecule has 0 saturated heterocycles. The number of allylic oxidation sites excluding steroid dienone is 1. The lowest BCUT2D eigenvalue weighted by Gasteiger charge is -2.09. The largest absolute Gasteiger partial charge is 0.468 e. The van der Waals surface area contributed by atoms with Crippen molar-refractivity contribution in [2.45, 2.75) is 23.9 Å². The Morgan fingerprint density at radius 1 is 1.55 bits per heavy atom. The quantitative estimate of drug-likeness (QED) is 0.481. The van der Waals surface area contributed by atoms with E-state index < -0.39 is 22.5 Å². The summed E-state index contributed by atoms with van der Waals surface area (Å²) < 4.78 is 7.55. The first kappa shape index (κ1) is 16.1. The SMILES string of the molecule is C=CCn1c(S[C@H](C)C(=O)OC)nc2c1c(=O)[nH]c(=O)n2C. The van der Waals surface area contributed by atoms with Gasteiger partial charge in [-0.3, -0.25) is 19.1 Å². The smallest absolute Gasteiger partial charge is 0.329 e. The van der Waals surface area contributed by atoms with Crippen molar-refractivity contribution < 1.29 is 9.53 Å². The second-order valence-corrected chi connectivity index (χ2v) is 5.88. The van der Waals surface area contributed by atoms with Crippen molar-refractivity contribution in [2.24, 2.45) is 7.05 Å². The molecule has 8 nitrogen and oxygen atoms in total. The lowest BCUT2D eigenvalue weighted by Crippen LogP contribution is -2.29. The number of imidazole rings is 1. The highest BCUT2D eigenvalue weighted by Gasteiger charge is 2.22. The van der Waals surface area contributed by atoms with Crippen LogP contribution in [0.25, 0.3) is 11.2 Å². The van der Waals surface area contributed by atoms with E-state index in [1.165, 1.54) is 18.7 Å². The number of hydrogen-bond acceptors (Lipinski definition) is 6. The molecule has 0 amide bonds. The highest BCUT2D eigenvalue weighted by atomic mass is 32.2. The van der Waals surface area contributed by atoms with E-state index in [2.05, 4.69) is 21.3 Å². The molecule has 0 aliphatic carbocycles. The molecule has 0 spiro atoms. The molecular formula is C13H16N4O4S. The molecule has 0 radical (unpaired) electrons. The molecule has 2 heterocycles. The molecular weight excluding hydrogens is 308 g/mol. The summed E-state index contributed by atoms with van der Waals surface area (Å²) in [6.45, 7) is 5.66. The number of thioether (sulfide) groups is 1. The molecule has 1 N–H and O–H groups in total. The van der Waals surface area contributed by atoms with E-state index in [0.717, 1.165) is 11.8 Å². The summed E-state index contributed by atoms with van der Waals surface area (Å²) in [5.41, 5.74) is -0.542. The number of esters is 1. The van der Waals surface area contributed by atoms with E-state index >= 15 is 0 Å². The standard InChI is InChI=1S/C13H16N4O4S/c1-5-6-17-8-9(16(3)12(20)15-10(8)18)14-13(17)22-7(2)11(19)21-4/h5,7H,1,6H2,2-4H3,(H,15,18,20)/t7-/m1/s1. The van der Waals surface area contributed by atoms with Crippen molar-refractivity contribution in [1.29, 1.82) is 0 Å². The lowest BCUT2D eigenvalue weighted by molar-refractivity contribution is -0.139. The molecule has 0 aliphatic heterocycles. The first-order chi connectivity index (χ1) is 10.4. The molecule has 2 aromatic rings. The highest BCUT2D eigenvalue weighted by molar-refractivity contribution is 8.00. The molecule has 0 bridgehead atoms. The number of fused-ring (bicyclic) bond motifs is 1. The molecule has 0 fully saturated rings. The molecule has 118 valence electrons. The van der Waals surface area contributed by atoms with Crippen molar-refractivity contribution in [1.82, 2.24) is 19.1 Å². The van der Waals surface area contributed by atoms with Crippen molar-refractivity contribution in [3.05, 3.63) is 33.5 Å². The van der Waals surface area contributed by atoms with E-state index in [-0.39, 0.29) is 11.2 Å². The Morgan fingerprint density at radius 2 is 2.23 bits per heavy atom. The lowest BCUT2D eigenvalue weighted by atomic mass is 10.5. The predicted octanol–water partition coefficient (Wildman–Crippen LogP) is 0.263. The Labute approximate surface area is 129 Å². The number of H-pyrrole nitrogens is 1. The van der Waals surface area contributed by atoms with E-state index in [1.807, 2.05) is 0 Å². The van der Waals surface area contributed by atoms with Gasteiger partial charge in [-0.2, -0.15) is 0 Å². The van der Waals surface area contributed by atoms with Gasteiger partial charge >= 0.3 is 11.7 Å². The minimum absolute atomic E-state index is 0.259. The van der Waals surface area contributed by atoms with Crippen LogP contribution in [0.2, 0.25) is 0 Å². The zero-order chi connectivity index (χ0) is 16.4. The van der Waals surface area contributed by atoms with Crippen LogP contribution in [0.15, 0.2) is 27.4 Å². The fourth-order valence-electron chi connectivity index (χ4n) is 1.98. The zero-order valence-corrected chi connectivity index (χ0v) is 13.3. The number of carbonyl (C=O) groups excluding carboxylic acids is 1. The van der Waals surface area contributed by atoms with Gasteiger partial charge in [0, 0.05) is 13.6 Å². The van der Waals surface area contributed by atoms with Crippen LogP contribution >= 0.6 is 11.8 Å². The third kappa shape index (κ3) is 2.71. The second-order valence-electron chi connectivity index (χ2n) is 4.57. The van der Waals surface area contributed by atoms with Gasteiger partial charge in [0.2, 0.25) is 0 Å². The van der Waals surface area contributed by atoms with Gasteiger partial charge in [-0.1, -0.05) is 17.8 Å². The molecule has 2 rings (SSSR count). The Hall–Kier alpha value is -2.29. The van der Waals surface area contributed by atoms with Gasteiger partial charge in [0.05, 0.1) is 7.11 Å². The first-order valence-electron chi connectivity index (χ1n) is 6.45. The van der Waals surface area contributed by atoms with Crippen LogP contribution in [-0.2, 0) is 23.1 Å². The minimum atomic E-state index is -0.543. The molecule has 2 aromatic heterocycles. The number of hydrogen-bond donors (Lipinski definition) is 1. The van der Waals surface area contributed by atoms with Crippen molar-refractivity contribution in [2.75, 3.05) is 7.11 Å². The fourth-order valence-corrected chi connectivity index (χ4v) is 2.92. The van der Waals surface area contributed by atoms with Crippen LogP contribution in [0, 0.1) is 0 Å². The second kappa shape index (κ2) is 6.22. The van der Waals surface area contributed by atoms with Crippen LogP contribution in [0.1, 0.15) is 6.92 Å². The van der Waals surface area contributed by atoms with Gasteiger partial charge in [-0.15, -0.1) is 6.58 Å². The normalized spacial score (nSPS) is 12.3. The van der Waals surface area contributed by atoms with Gasteiger partial charge in [-0.05, 0) is 6.92 Å². The van der Waals surface area contributed by atoms with Crippen LogP contribution in [0.4, 0.5) is 0 Å². The number of ether oxygens (including phenoxy) is 1. The Morgan fingerprint density at radius 3 is 2.82 bits per heavy atom. The number of nitrogens with one attached hydrogen (secondary N) is 1. The van der Waals surface area contributed by atoms with E-state index in [9.17, 15) is 14.4 Å². The summed E-state index contributed by atoms with van der Waals surface area (Å²) in [5, 5.41) is -0.0546. The first-order valence-corrected chi connectivity index (χ1v) is 7.33. The number of methoxy groups -OCH3 is 1. The molecule has 0 aromatic carbocycles. The van der Waals surface area contributed by atoms with Crippen molar-refractivity contribution in [3.63, 3.8) is 0 Å². The zero-order valence-electron chi connectivity index (χ0n) is 12.5. The average molecular weight is 324 g/mol. The Bertz CT molecular complexity index is 848. The third-order valence-electron chi connectivity index (χ3n) is 3.10. The fraction of sp³-hybridized carbons (Fsp3) is 0.385. The van der Waals surface area contributed by atoms with Gasteiger partial charge < -0.3 is 9.30 Å². The molecule has 1 atom stereocenters.